The minimum absolute atomic E-state index is 0.218. The standard InChI is InChI=1S/C8H14O2.C6H8O.CH4O/c1-8(10-2)6-3-5(6)4-7(8)9;7-6-2-1-4-3-5(4)6;1-2/h5-7,9H,3-4H2,1-2H3;4-5H,1-3H2;2H,1H3/t5-,6-,7?,8?;4-,5+;/m10./s1. The second-order valence-electron chi connectivity index (χ2n) is 6.35. The van der Waals surface area contributed by atoms with E-state index in [0.29, 0.717) is 17.6 Å². The van der Waals surface area contributed by atoms with Crippen molar-refractivity contribution < 1.29 is 19.7 Å². The van der Waals surface area contributed by atoms with E-state index < -0.39 is 0 Å². The molecule has 0 spiro atoms. The van der Waals surface area contributed by atoms with Gasteiger partial charge in [-0.1, -0.05) is 0 Å². The molecule has 19 heavy (non-hydrogen) atoms. The summed E-state index contributed by atoms with van der Waals surface area (Å²) in [5.41, 5.74) is -0.218. The van der Waals surface area contributed by atoms with Gasteiger partial charge in [-0.05, 0) is 50.4 Å². The number of carbonyl (C=O) groups is 1. The summed E-state index contributed by atoms with van der Waals surface area (Å²) in [4.78, 5) is 10.6. The summed E-state index contributed by atoms with van der Waals surface area (Å²) in [5.74, 6) is 3.32. The Morgan fingerprint density at radius 1 is 1.21 bits per heavy atom. The normalized spacial score (nSPS) is 48.3. The van der Waals surface area contributed by atoms with Gasteiger partial charge in [0.1, 0.15) is 5.78 Å². The van der Waals surface area contributed by atoms with Crippen LogP contribution in [-0.4, -0.2) is 41.9 Å². The summed E-state index contributed by atoms with van der Waals surface area (Å²) < 4.78 is 5.31. The summed E-state index contributed by atoms with van der Waals surface area (Å²) in [6.45, 7) is 2.02. The number of hydrogen-bond donors (Lipinski definition) is 2. The molecule has 4 aliphatic carbocycles. The summed E-state index contributed by atoms with van der Waals surface area (Å²) in [6.07, 6.45) is 5.30. The molecule has 4 heteroatoms. The van der Waals surface area contributed by atoms with Crippen LogP contribution in [-0.2, 0) is 9.53 Å². The van der Waals surface area contributed by atoms with Crippen molar-refractivity contribution in [1.29, 1.82) is 0 Å². The first-order valence-electron chi connectivity index (χ1n) is 7.27. The fourth-order valence-corrected chi connectivity index (χ4v) is 3.74. The van der Waals surface area contributed by atoms with Gasteiger partial charge in [0, 0.05) is 26.6 Å². The van der Waals surface area contributed by atoms with E-state index in [1.807, 2.05) is 6.92 Å². The van der Waals surface area contributed by atoms with Gasteiger partial charge in [-0.2, -0.15) is 0 Å². The molecule has 2 unspecified atom stereocenters. The van der Waals surface area contributed by atoms with E-state index in [4.69, 9.17) is 9.84 Å². The van der Waals surface area contributed by atoms with Gasteiger partial charge >= 0.3 is 0 Å². The fraction of sp³-hybridized carbons (Fsp3) is 0.933. The highest BCUT2D eigenvalue weighted by Gasteiger charge is 2.60. The predicted octanol–water partition coefficient (Wildman–Crippen LogP) is 1.39. The van der Waals surface area contributed by atoms with E-state index in [1.54, 1.807) is 7.11 Å². The molecule has 0 aliphatic heterocycles. The minimum atomic E-state index is -0.221. The number of Topliss-reactive ketones (excluding diaryl/α,β-unsaturated/α-hetero) is 1. The fourth-order valence-electron chi connectivity index (χ4n) is 3.74. The van der Waals surface area contributed by atoms with Gasteiger partial charge in [0.15, 0.2) is 0 Å². The zero-order valence-corrected chi connectivity index (χ0v) is 12.1. The van der Waals surface area contributed by atoms with Crippen LogP contribution in [0.15, 0.2) is 0 Å². The minimum Gasteiger partial charge on any atom is -0.400 e. The van der Waals surface area contributed by atoms with E-state index in [2.05, 4.69) is 0 Å². The van der Waals surface area contributed by atoms with Gasteiger partial charge in [-0.3, -0.25) is 4.79 Å². The molecule has 0 aromatic rings. The lowest BCUT2D eigenvalue weighted by Gasteiger charge is -2.28. The highest BCUT2D eigenvalue weighted by Crippen LogP contribution is 2.58. The Kier molecular flexibility index (Phi) is 4.33. The first-order chi connectivity index (χ1) is 9.06. The molecule has 4 aliphatic rings. The molecule has 6 atom stereocenters. The van der Waals surface area contributed by atoms with Crippen LogP contribution in [0.3, 0.4) is 0 Å². The van der Waals surface area contributed by atoms with E-state index in [-0.39, 0.29) is 11.7 Å². The van der Waals surface area contributed by atoms with Gasteiger partial charge in [0.25, 0.3) is 0 Å². The molecular weight excluding hydrogens is 244 g/mol. The van der Waals surface area contributed by atoms with Gasteiger partial charge in [-0.25, -0.2) is 0 Å². The van der Waals surface area contributed by atoms with Crippen LogP contribution < -0.4 is 0 Å². The number of hydrogen-bond acceptors (Lipinski definition) is 4. The summed E-state index contributed by atoms with van der Waals surface area (Å²) >= 11 is 0. The first kappa shape index (κ1) is 14.9. The van der Waals surface area contributed by atoms with Crippen molar-refractivity contribution >= 4 is 5.78 Å². The number of aliphatic hydroxyl groups excluding tert-OH is 2. The van der Waals surface area contributed by atoms with Crippen molar-refractivity contribution in [2.24, 2.45) is 23.7 Å². The number of carbonyl (C=O) groups excluding carboxylic acids is 1. The Balaban J connectivity index is 0.000000130. The Morgan fingerprint density at radius 2 is 1.89 bits per heavy atom. The van der Waals surface area contributed by atoms with Gasteiger partial charge in [-0.15, -0.1) is 0 Å². The largest absolute Gasteiger partial charge is 0.400 e. The number of rotatable bonds is 1. The third-order valence-electron chi connectivity index (χ3n) is 5.38. The molecule has 4 nitrogen and oxygen atoms in total. The van der Waals surface area contributed by atoms with Gasteiger partial charge < -0.3 is 14.9 Å². The maximum absolute atomic E-state index is 10.6. The molecule has 0 radical (unpaired) electrons. The number of ether oxygens (including phenoxy) is 1. The number of ketones is 1. The molecule has 2 N–H and O–H groups in total. The predicted molar refractivity (Wildman–Crippen MR) is 71.6 cm³/mol. The highest BCUT2D eigenvalue weighted by molar-refractivity contribution is 5.86. The van der Waals surface area contributed by atoms with E-state index in [0.717, 1.165) is 31.8 Å². The van der Waals surface area contributed by atoms with Crippen LogP contribution in [0.25, 0.3) is 0 Å². The van der Waals surface area contributed by atoms with Crippen molar-refractivity contribution in [3.05, 3.63) is 0 Å². The number of aliphatic hydroxyl groups is 2. The second-order valence-corrected chi connectivity index (χ2v) is 6.35. The van der Waals surface area contributed by atoms with Crippen LogP contribution in [0.4, 0.5) is 0 Å². The Bertz CT molecular complexity index is 339. The molecule has 0 aromatic heterocycles. The molecular formula is C15H26O4. The lowest BCUT2D eigenvalue weighted by atomic mass is 9.97. The smallest absolute Gasteiger partial charge is 0.136 e. The van der Waals surface area contributed by atoms with Crippen LogP contribution in [0.5, 0.6) is 0 Å². The van der Waals surface area contributed by atoms with Crippen LogP contribution >= 0.6 is 0 Å². The lowest BCUT2D eigenvalue weighted by Crippen LogP contribution is -2.39. The molecule has 4 rings (SSSR count). The van der Waals surface area contributed by atoms with Crippen molar-refractivity contribution in [2.75, 3.05) is 14.2 Å². The van der Waals surface area contributed by atoms with E-state index >= 15 is 0 Å². The summed E-state index contributed by atoms with van der Waals surface area (Å²) in [7, 11) is 2.70. The maximum atomic E-state index is 10.6. The Hall–Kier alpha value is -0.450. The van der Waals surface area contributed by atoms with Crippen molar-refractivity contribution in [3.63, 3.8) is 0 Å². The van der Waals surface area contributed by atoms with Crippen molar-refractivity contribution in [1.82, 2.24) is 0 Å². The van der Waals surface area contributed by atoms with Crippen LogP contribution in [0.2, 0.25) is 0 Å². The topological polar surface area (TPSA) is 66.8 Å². The molecule has 4 saturated carbocycles. The summed E-state index contributed by atoms with van der Waals surface area (Å²) in [6, 6.07) is 0. The second kappa shape index (κ2) is 5.51. The van der Waals surface area contributed by atoms with Crippen molar-refractivity contribution in [3.8, 4) is 0 Å². The Labute approximate surface area is 115 Å². The lowest BCUT2D eigenvalue weighted by molar-refractivity contribution is -0.119. The molecule has 0 amide bonds. The average molecular weight is 270 g/mol. The molecule has 0 saturated heterocycles. The number of methoxy groups -OCH3 is 1. The quantitative estimate of drug-likeness (QED) is 0.755. The first-order valence-corrected chi connectivity index (χ1v) is 7.27. The molecule has 0 aromatic carbocycles. The molecule has 4 fully saturated rings. The monoisotopic (exact) mass is 270 g/mol. The molecule has 0 heterocycles. The highest BCUT2D eigenvalue weighted by atomic mass is 16.5. The third kappa shape index (κ3) is 2.71. The zero-order chi connectivity index (χ0) is 14.2. The average Bonchev–Trinajstić information content (AvgIpc) is 3.32. The number of fused-ring (bicyclic) bond motifs is 2. The van der Waals surface area contributed by atoms with Gasteiger partial charge in [0.2, 0.25) is 0 Å². The van der Waals surface area contributed by atoms with Crippen molar-refractivity contribution in [2.45, 2.75) is 50.7 Å². The van der Waals surface area contributed by atoms with E-state index in [9.17, 15) is 9.90 Å². The van der Waals surface area contributed by atoms with Crippen LogP contribution in [0, 0.1) is 23.7 Å². The molecule has 0 bridgehead atoms. The van der Waals surface area contributed by atoms with Gasteiger partial charge in [0.05, 0.1) is 11.7 Å². The Morgan fingerprint density at radius 3 is 2.11 bits per heavy atom. The van der Waals surface area contributed by atoms with Crippen LogP contribution in [0.1, 0.15) is 39.0 Å². The maximum Gasteiger partial charge on any atom is 0.136 e. The molecule has 110 valence electrons. The third-order valence-corrected chi connectivity index (χ3v) is 5.38. The summed E-state index contributed by atoms with van der Waals surface area (Å²) in [5, 5.41) is 16.5. The van der Waals surface area contributed by atoms with E-state index in [1.165, 1.54) is 19.3 Å². The SMILES string of the molecule is CO.COC1(C)C(O)C[C@H]2C[C@H]21.O=C1CC[C@H]2C[C@@H]12. The zero-order valence-electron chi connectivity index (χ0n) is 12.1.